The molecule has 0 fully saturated rings. The summed E-state index contributed by atoms with van der Waals surface area (Å²) in [5, 5.41) is 3.52. The van der Waals surface area contributed by atoms with Crippen LogP contribution in [-0.4, -0.2) is 19.2 Å². The second-order valence-corrected chi connectivity index (χ2v) is 6.26. The highest BCUT2D eigenvalue weighted by Gasteiger charge is 2.25. The first-order valence-corrected chi connectivity index (χ1v) is 7.74. The van der Waals surface area contributed by atoms with E-state index in [4.69, 9.17) is 4.74 Å². The molecule has 0 saturated carbocycles. The number of nitrogens with one attached hydrogen (secondary N) is 1. The minimum atomic E-state index is -0.168. The molecule has 1 aromatic carbocycles. The minimum absolute atomic E-state index is 0.168. The molecular weight excluding hydrogens is 253 g/mol. The molecule has 0 saturated heterocycles. The molecule has 0 aromatic heterocycles. The Bertz CT molecular complexity index is 433. The molecule has 2 unspecified atom stereocenters. The maximum Gasteiger partial charge on any atom is 0.123 e. The number of rotatable bonds is 7. The van der Waals surface area contributed by atoms with E-state index in [0.717, 1.165) is 43.7 Å². The number of hydrogen-bond acceptors (Lipinski definition) is 2. The summed E-state index contributed by atoms with van der Waals surface area (Å²) in [6, 6.07) is 4.83. The Hall–Kier alpha value is -1.09. The van der Waals surface area contributed by atoms with Gasteiger partial charge in [0, 0.05) is 12.0 Å². The van der Waals surface area contributed by atoms with E-state index in [1.165, 1.54) is 6.07 Å². The average Bonchev–Trinajstić information content (AvgIpc) is 2.78. The van der Waals surface area contributed by atoms with Crippen molar-refractivity contribution in [1.82, 2.24) is 5.32 Å². The molecule has 0 spiro atoms. The molecule has 20 heavy (non-hydrogen) atoms. The lowest BCUT2D eigenvalue weighted by Gasteiger charge is -2.20. The van der Waals surface area contributed by atoms with Crippen LogP contribution in [0.5, 0.6) is 5.75 Å². The summed E-state index contributed by atoms with van der Waals surface area (Å²) >= 11 is 0. The quantitative estimate of drug-likeness (QED) is 0.820. The molecule has 2 rings (SSSR count). The average molecular weight is 279 g/mol. The van der Waals surface area contributed by atoms with E-state index in [1.54, 1.807) is 12.1 Å². The molecule has 1 aliphatic rings. The van der Waals surface area contributed by atoms with Crippen molar-refractivity contribution in [3.63, 3.8) is 0 Å². The van der Waals surface area contributed by atoms with Crippen molar-refractivity contribution in [2.45, 2.75) is 46.1 Å². The van der Waals surface area contributed by atoms with Gasteiger partial charge in [0.05, 0.1) is 0 Å². The fourth-order valence-corrected chi connectivity index (χ4v) is 2.76. The van der Waals surface area contributed by atoms with Crippen molar-refractivity contribution in [3.8, 4) is 5.75 Å². The summed E-state index contributed by atoms with van der Waals surface area (Å²) < 4.78 is 19.1. The second kappa shape index (κ2) is 7.07. The Balaban J connectivity index is 1.82. The molecule has 0 aliphatic carbocycles. The summed E-state index contributed by atoms with van der Waals surface area (Å²) in [5.41, 5.74) is 1.01. The zero-order valence-corrected chi connectivity index (χ0v) is 12.8. The van der Waals surface area contributed by atoms with Crippen molar-refractivity contribution in [1.29, 1.82) is 0 Å². The van der Waals surface area contributed by atoms with Crippen molar-refractivity contribution in [2.24, 2.45) is 11.8 Å². The normalized spacial score (nSPS) is 18.9. The Labute approximate surface area is 121 Å². The number of halogens is 1. The van der Waals surface area contributed by atoms with Crippen LogP contribution in [0.15, 0.2) is 18.2 Å². The molecule has 112 valence electrons. The zero-order valence-electron chi connectivity index (χ0n) is 12.8. The van der Waals surface area contributed by atoms with Gasteiger partial charge in [-0.2, -0.15) is 0 Å². The van der Waals surface area contributed by atoms with Crippen LogP contribution >= 0.6 is 0 Å². The Morgan fingerprint density at radius 2 is 2.15 bits per heavy atom. The van der Waals surface area contributed by atoms with E-state index >= 15 is 0 Å². The van der Waals surface area contributed by atoms with Crippen molar-refractivity contribution < 1.29 is 9.13 Å². The van der Waals surface area contributed by atoms with E-state index in [2.05, 4.69) is 26.1 Å². The van der Waals surface area contributed by atoms with Gasteiger partial charge in [-0.15, -0.1) is 0 Å². The van der Waals surface area contributed by atoms with Gasteiger partial charge in [-0.05, 0) is 49.5 Å². The maximum absolute atomic E-state index is 13.2. The topological polar surface area (TPSA) is 21.3 Å². The molecule has 0 amide bonds. The minimum Gasteiger partial charge on any atom is -0.490 e. The smallest absolute Gasteiger partial charge is 0.123 e. The largest absolute Gasteiger partial charge is 0.490 e. The molecule has 0 bridgehead atoms. The third-order valence-corrected chi connectivity index (χ3v) is 3.92. The third-order valence-electron chi connectivity index (χ3n) is 3.92. The van der Waals surface area contributed by atoms with Gasteiger partial charge in [-0.25, -0.2) is 4.39 Å². The van der Waals surface area contributed by atoms with Crippen LogP contribution < -0.4 is 10.1 Å². The highest BCUT2D eigenvalue weighted by molar-refractivity contribution is 5.37. The molecule has 1 aliphatic heterocycles. The van der Waals surface area contributed by atoms with Gasteiger partial charge in [0.1, 0.15) is 17.7 Å². The zero-order chi connectivity index (χ0) is 14.5. The van der Waals surface area contributed by atoms with Crippen LogP contribution in [0.1, 0.15) is 39.2 Å². The van der Waals surface area contributed by atoms with E-state index in [-0.39, 0.29) is 11.9 Å². The van der Waals surface area contributed by atoms with E-state index in [0.29, 0.717) is 11.8 Å². The summed E-state index contributed by atoms with van der Waals surface area (Å²) in [6.45, 7) is 8.77. The lowest BCUT2D eigenvalue weighted by Crippen LogP contribution is -2.29. The van der Waals surface area contributed by atoms with E-state index in [9.17, 15) is 4.39 Å². The van der Waals surface area contributed by atoms with Crippen LogP contribution in [-0.2, 0) is 6.42 Å². The van der Waals surface area contributed by atoms with E-state index < -0.39 is 0 Å². The predicted molar refractivity (Wildman–Crippen MR) is 80.6 cm³/mol. The molecule has 0 radical (unpaired) electrons. The summed E-state index contributed by atoms with van der Waals surface area (Å²) in [5.74, 6) is 2.00. The summed E-state index contributed by atoms with van der Waals surface area (Å²) in [6.07, 6.45) is 3.24. The van der Waals surface area contributed by atoms with Gasteiger partial charge in [0.15, 0.2) is 0 Å². The molecule has 2 nitrogen and oxygen atoms in total. The van der Waals surface area contributed by atoms with Crippen molar-refractivity contribution >= 4 is 0 Å². The van der Waals surface area contributed by atoms with Crippen LogP contribution in [0.3, 0.4) is 0 Å². The first-order chi connectivity index (χ1) is 9.58. The lowest BCUT2D eigenvalue weighted by molar-refractivity contribution is 0.189. The second-order valence-electron chi connectivity index (χ2n) is 6.26. The van der Waals surface area contributed by atoms with Crippen LogP contribution in [0.4, 0.5) is 4.39 Å². The Morgan fingerprint density at radius 3 is 2.85 bits per heavy atom. The number of fused-ring (bicyclic) bond motifs is 1. The van der Waals surface area contributed by atoms with Gasteiger partial charge < -0.3 is 10.1 Å². The number of benzene rings is 1. The summed E-state index contributed by atoms with van der Waals surface area (Å²) in [7, 11) is 0. The van der Waals surface area contributed by atoms with E-state index in [1.807, 2.05) is 0 Å². The maximum atomic E-state index is 13.2. The molecular formula is C17H26FNO. The van der Waals surface area contributed by atoms with Gasteiger partial charge in [0.2, 0.25) is 0 Å². The molecule has 3 heteroatoms. The monoisotopic (exact) mass is 279 g/mol. The number of ether oxygens (including phenoxy) is 1. The molecule has 1 aromatic rings. The molecule has 2 atom stereocenters. The fraction of sp³-hybridized carbons (Fsp3) is 0.647. The number of hydrogen-bond donors (Lipinski definition) is 1. The van der Waals surface area contributed by atoms with Crippen LogP contribution in [0.25, 0.3) is 0 Å². The first-order valence-electron chi connectivity index (χ1n) is 7.74. The Kier molecular flexibility index (Phi) is 5.41. The van der Waals surface area contributed by atoms with Crippen molar-refractivity contribution in [3.05, 3.63) is 29.6 Å². The van der Waals surface area contributed by atoms with Gasteiger partial charge in [-0.1, -0.05) is 27.2 Å². The Morgan fingerprint density at radius 1 is 1.35 bits per heavy atom. The van der Waals surface area contributed by atoms with Gasteiger partial charge in [-0.3, -0.25) is 0 Å². The van der Waals surface area contributed by atoms with Gasteiger partial charge in [0.25, 0.3) is 0 Å². The van der Waals surface area contributed by atoms with Gasteiger partial charge >= 0.3 is 0 Å². The highest BCUT2D eigenvalue weighted by atomic mass is 19.1. The predicted octanol–water partition coefficient (Wildman–Crippen LogP) is 3.79. The first kappa shape index (κ1) is 15.3. The molecule has 1 heterocycles. The summed E-state index contributed by atoms with van der Waals surface area (Å²) in [4.78, 5) is 0. The third kappa shape index (κ3) is 4.20. The lowest BCUT2D eigenvalue weighted by atomic mass is 9.96. The molecule has 1 N–H and O–H groups in total. The SMILES string of the molecule is CCC(CNCC(C)C)CC1Cc2cc(F)ccc2O1. The van der Waals surface area contributed by atoms with Crippen LogP contribution in [0, 0.1) is 17.7 Å². The highest BCUT2D eigenvalue weighted by Crippen LogP contribution is 2.32. The fourth-order valence-electron chi connectivity index (χ4n) is 2.76. The standard InChI is InChI=1S/C17H26FNO/c1-4-13(11-19-10-12(2)3)7-16-9-14-8-15(18)5-6-17(14)20-16/h5-6,8,12-13,16,19H,4,7,9-11H2,1-3H3. The van der Waals surface area contributed by atoms with Crippen LogP contribution in [0.2, 0.25) is 0 Å². The van der Waals surface area contributed by atoms with Crippen molar-refractivity contribution in [2.75, 3.05) is 13.1 Å².